The summed E-state index contributed by atoms with van der Waals surface area (Å²) < 4.78 is 10.9. The van der Waals surface area contributed by atoms with Crippen LogP contribution < -0.4 is 10.1 Å². The number of carbonyl (C=O) groups is 2. The summed E-state index contributed by atoms with van der Waals surface area (Å²) in [6.45, 7) is 5.77. The predicted molar refractivity (Wildman–Crippen MR) is 111 cm³/mol. The Morgan fingerprint density at radius 3 is 2.24 bits per heavy atom. The van der Waals surface area contributed by atoms with Gasteiger partial charge in [0.25, 0.3) is 0 Å². The second-order valence-electron chi connectivity index (χ2n) is 7.82. The van der Waals surface area contributed by atoms with Crippen LogP contribution in [-0.2, 0) is 22.4 Å². The van der Waals surface area contributed by atoms with E-state index in [9.17, 15) is 14.7 Å². The highest BCUT2D eigenvalue weighted by atomic mass is 16.6. The van der Waals surface area contributed by atoms with Crippen LogP contribution in [0.2, 0.25) is 0 Å². The summed E-state index contributed by atoms with van der Waals surface area (Å²) in [5.41, 5.74) is 1.38. The van der Waals surface area contributed by atoms with Crippen molar-refractivity contribution in [1.82, 2.24) is 5.32 Å². The second kappa shape index (κ2) is 10.5. The van der Waals surface area contributed by atoms with Crippen LogP contribution in [0, 0.1) is 0 Å². The van der Waals surface area contributed by atoms with Gasteiger partial charge < -0.3 is 19.9 Å². The number of aliphatic carboxylic acids is 1. The number of rotatable bonds is 9. The van der Waals surface area contributed by atoms with Crippen molar-refractivity contribution in [2.75, 3.05) is 6.61 Å². The molecule has 6 heteroatoms. The molecule has 1 unspecified atom stereocenters. The molecule has 29 heavy (non-hydrogen) atoms. The van der Waals surface area contributed by atoms with E-state index in [0.29, 0.717) is 6.61 Å². The molecular formula is C23H29NO5. The standard InChI is InChI=1S/C23H29NO5/c1-23(2,3)29-22(27)24-20(21(25)26)16-18-11-13-19(14-12-18)28-15-7-10-17-8-5-4-6-9-17/h4-6,8-9,11-14,20H,7,10,15-16H2,1-3H3,(H,24,27)(H,25,26). The molecule has 0 bridgehead atoms. The Morgan fingerprint density at radius 2 is 1.66 bits per heavy atom. The van der Waals surface area contributed by atoms with Crippen LogP contribution in [0.15, 0.2) is 54.6 Å². The summed E-state index contributed by atoms with van der Waals surface area (Å²) in [7, 11) is 0. The summed E-state index contributed by atoms with van der Waals surface area (Å²) >= 11 is 0. The van der Waals surface area contributed by atoms with Crippen molar-refractivity contribution < 1.29 is 24.2 Å². The summed E-state index contributed by atoms with van der Waals surface area (Å²) in [4.78, 5) is 23.3. The largest absolute Gasteiger partial charge is 0.494 e. The first kappa shape index (κ1) is 22.3. The minimum absolute atomic E-state index is 0.156. The fourth-order valence-electron chi connectivity index (χ4n) is 2.72. The summed E-state index contributed by atoms with van der Waals surface area (Å²) in [6.07, 6.45) is 1.27. The van der Waals surface area contributed by atoms with Gasteiger partial charge in [-0.3, -0.25) is 0 Å². The minimum Gasteiger partial charge on any atom is -0.494 e. The SMILES string of the molecule is CC(C)(C)OC(=O)NC(Cc1ccc(OCCCc2ccccc2)cc1)C(=O)O. The van der Waals surface area contributed by atoms with E-state index in [4.69, 9.17) is 9.47 Å². The van der Waals surface area contributed by atoms with Gasteiger partial charge in [-0.2, -0.15) is 0 Å². The molecule has 6 nitrogen and oxygen atoms in total. The van der Waals surface area contributed by atoms with Crippen LogP contribution in [0.25, 0.3) is 0 Å². The number of carboxylic acids is 1. The number of amides is 1. The lowest BCUT2D eigenvalue weighted by molar-refractivity contribution is -0.139. The molecule has 0 saturated carbocycles. The average Bonchev–Trinajstić information content (AvgIpc) is 2.65. The van der Waals surface area contributed by atoms with Gasteiger partial charge in [0.15, 0.2) is 0 Å². The maximum Gasteiger partial charge on any atom is 0.408 e. The first-order valence-corrected chi connectivity index (χ1v) is 9.71. The predicted octanol–water partition coefficient (Wildman–Crippen LogP) is 4.22. The molecule has 0 saturated heterocycles. The molecule has 2 rings (SSSR count). The zero-order valence-corrected chi connectivity index (χ0v) is 17.2. The molecule has 0 heterocycles. The number of hydrogen-bond acceptors (Lipinski definition) is 4. The molecule has 0 aromatic heterocycles. The lowest BCUT2D eigenvalue weighted by atomic mass is 10.1. The molecule has 0 aliphatic rings. The highest BCUT2D eigenvalue weighted by Gasteiger charge is 2.24. The van der Waals surface area contributed by atoms with Crippen molar-refractivity contribution in [3.8, 4) is 5.75 Å². The number of hydrogen-bond donors (Lipinski definition) is 2. The first-order chi connectivity index (χ1) is 13.7. The average molecular weight is 399 g/mol. The molecule has 2 aromatic rings. The van der Waals surface area contributed by atoms with Gasteiger partial charge in [-0.1, -0.05) is 42.5 Å². The molecule has 0 fully saturated rings. The van der Waals surface area contributed by atoms with Gasteiger partial charge in [0.2, 0.25) is 0 Å². The third-order valence-electron chi connectivity index (χ3n) is 4.07. The van der Waals surface area contributed by atoms with Crippen LogP contribution in [0.4, 0.5) is 4.79 Å². The van der Waals surface area contributed by atoms with E-state index in [1.165, 1.54) is 5.56 Å². The Labute approximate surface area is 171 Å². The van der Waals surface area contributed by atoms with Crippen LogP contribution in [-0.4, -0.2) is 35.4 Å². The van der Waals surface area contributed by atoms with Gasteiger partial charge in [0, 0.05) is 6.42 Å². The van der Waals surface area contributed by atoms with Crippen molar-refractivity contribution in [1.29, 1.82) is 0 Å². The maximum atomic E-state index is 11.9. The second-order valence-corrected chi connectivity index (χ2v) is 7.82. The quantitative estimate of drug-likeness (QED) is 0.617. The number of alkyl carbamates (subject to hydrolysis) is 1. The van der Waals surface area contributed by atoms with Crippen molar-refractivity contribution in [2.24, 2.45) is 0 Å². The number of nitrogens with one attached hydrogen (secondary N) is 1. The summed E-state index contributed by atoms with van der Waals surface area (Å²) in [6, 6.07) is 16.4. The number of benzene rings is 2. The van der Waals surface area contributed by atoms with E-state index in [1.807, 2.05) is 30.3 Å². The Bertz CT molecular complexity index is 781. The van der Waals surface area contributed by atoms with Crippen LogP contribution in [0.1, 0.15) is 38.3 Å². The molecule has 1 atom stereocenters. The molecule has 0 aliphatic heterocycles. The van der Waals surface area contributed by atoms with E-state index >= 15 is 0 Å². The van der Waals surface area contributed by atoms with Gasteiger partial charge in [-0.05, 0) is 56.9 Å². The van der Waals surface area contributed by atoms with Crippen molar-refractivity contribution in [3.63, 3.8) is 0 Å². The summed E-state index contributed by atoms with van der Waals surface area (Å²) in [5, 5.41) is 11.8. The highest BCUT2D eigenvalue weighted by Crippen LogP contribution is 2.15. The van der Waals surface area contributed by atoms with E-state index in [2.05, 4.69) is 17.4 Å². The zero-order chi connectivity index (χ0) is 21.3. The smallest absolute Gasteiger partial charge is 0.408 e. The zero-order valence-electron chi connectivity index (χ0n) is 17.2. The topological polar surface area (TPSA) is 84.9 Å². The van der Waals surface area contributed by atoms with Crippen LogP contribution >= 0.6 is 0 Å². The Hall–Kier alpha value is -3.02. The molecule has 2 aromatic carbocycles. The molecule has 2 N–H and O–H groups in total. The Balaban J connectivity index is 1.81. The Kier molecular flexibility index (Phi) is 8.07. The van der Waals surface area contributed by atoms with Gasteiger partial charge in [0.1, 0.15) is 17.4 Å². The van der Waals surface area contributed by atoms with Gasteiger partial charge in [-0.15, -0.1) is 0 Å². The lowest BCUT2D eigenvalue weighted by Gasteiger charge is -2.22. The third kappa shape index (κ3) is 8.68. The Morgan fingerprint density at radius 1 is 1.00 bits per heavy atom. The van der Waals surface area contributed by atoms with Gasteiger partial charge in [-0.25, -0.2) is 9.59 Å². The fraction of sp³-hybridized carbons (Fsp3) is 0.391. The van der Waals surface area contributed by atoms with Crippen molar-refractivity contribution >= 4 is 12.1 Å². The molecule has 1 amide bonds. The number of carboxylic acid groups (broad SMARTS) is 1. The van der Waals surface area contributed by atoms with Gasteiger partial charge >= 0.3 is 12.1 Å². The minimum atomic E-state index is -1.11. The number of aryl methyl sites for hydroxylation is 1. The van der Waals surface area contributed by atoms with E-state index in [1.54, 1.807) is 32.9 Å². The number of carbonyl (C=O) groups excluding carboxylic acids is 1. The van der Waals surface area contributed by atoms with Crippen molar-refractivity contribution in [2.45, 2.75) is 51.7 Å². The number of ether oxygens (including phenoxy) is 2. The fourth-order valence-corrected chi connectivity index (χ4v) is 2.72. The maximum absolute atomic E-state index is 11.9. The van der Waals surface area contributed by atoms with Crippen LogP contribution in [0.5, 0.6) is 5.75 Å². The molecule has 0 aliphatic carbocycles. The van der Waals surface area contributed by atoms with E-state index in [-0.39, 0.29) is 6.42 Å². The monoisotopic (exact) mass is 399 g/mol. The third-order valence-corrected chi connectivity index (χ3v) is 4.07. The van der Waals surface area contributed by atoms with Gasteiger partial charge in [0.05, 0.1) is 6.61 Å². The van der Waals surface area contributed by atoms with Crippen molar-refractivity contribution in [3.05, 3.63) is 65.7 Å². The highest BCUT2D eigenvalue weighted by molar-refractivity contribution is 5.80. The first-order valence-electron chi connectivity index (χ1n) is 9.71. The molecule has 0 radical (unpaired) electrons. The van der Waals surface area contributed by atoms with E-state index < -0.39 is 23.7 Å². The lowest BCUT2D eigenvalue weighted by Crippen LogP contribution is -2.44. The van der Waals surface area contributed by atoms with Crippen LogP contribution in [0.3, 0.4) is 0 Å². The molecule has 0 spiro atoms. The summed E-state index contributed by atoms with van der Waals surface area (Å²) in [5.74, 6) is -0.383. The normalized spacial score (nSPS) is 12.1. The molecule has 156 valence electrons. The van der Waals surface area contributed by atoms with E-state index in [0.717, 1.165) is 24.2 Å². The molecular weight excluding hydrogens is 370 g/mol.